The summed E-state index contributed by atoms with van der Waals surface area (Å²) < 4.78 is 1.95. The lowest BCUT2D eigenvalue weighted by Gasteiger charge is -2.14. The molecule has 1 atom stereocenters. The molecule has 0 fully saturated rings. The first-order chi connectivity index (χ1) is 8.00. The molecule has 1 aromatic heterocycles. The van der Waals surface area contributed by atoms with Crippen LogP contribution in [0, 0.1) is 5.92 Å². The van der Waals surface area contributed by atoms with Crippen LogP contribution in [-0.4, -0.2) is 28.5 Å². The van der Waals surface area contributed by atoms with Crippen LogP contribution in [0.2, 0.25) is 0 Å². The highest BCUT2D eigenvalue weighted by molar-refractivity contribution is 5.77. The maximum Gasteiger partial charge on any atom is 0.233 e. The monoisotopic (exact) mass is 238 g/mol. The number of hydrogen-bond donors (Lipinski definition) is 2. The van der Waals surface area contributed by atoms with E-state index in [1.807, 2.05) is 24.7 Å². The molecule has 5 heteroatoms. The number of imidazole rings is 1. The van der Waals surface area contributed by atoms with Crippen molar-refractivity contribution in [1.82, 2.24) is 20.2 Å². The summed E-state index contributed by atoms with van der Waals surface area (Å²) in [5, 5.41) is 6.02. The molecule has 0 saturated carbocycles. The molecule has 5 nitrogen and oxygen atoms in total. The Balaban J connectivity index is 2.31. The van der Waals surface area contributed by atoms with Crippen LogP contribution < -0.4 is 10.6 Å². The minimum absolute atomic E-state index is 0.0276. The van der Waals surface area contributed by atoms with E-state index in [0.29, 0.717) is 12.5 Å². The Bertz CT molecular complexity index is 359. The lowest BCUT2D eigenvalue weighted by Crippen LogP contribution is -2.37. The van der Waals surface area contributed by atoms with Crippen LogP contribution in [0.4, 0.5) is 0 Å². The van der Waals surface area contributed by atoms with E-state index in [9.17, 15) is 4.79 Å². The van der Waals surface area contributed by atoms with Gasteiger partial charge >= 0.3 is 0 Å². The first-order valence-electron chi connectivity index (χ1n) is 5.98. The summed E-state index contributed by atoms with van der Waals surface area (Å²) in [4.78, 5) is 15.7. The summed E-state index contributed by atoms with van der Waals surface area (Å²) >= 11 is 0. The number of rotatable bonds is 6. The van der Waals surface area contributed by atoms with Crippen molar-refractivity contribution in [2.75, 3.05) is 13.1 Å². The van der Waals surface area contributed by atoms with Gasteiger partial charge < -0.3 is 9.88 Å². The van der Waals surface area contributed by atoms with E-state index in [2.05, 4.69) is 29.5 Å². The first kappa shape index (κ1) is 13.7. The van der Waals surface area contributed by atoms with Gasteiger partial charge in [0.2, 0.25) is 5.91 Å². The lowest BCUT2D eigenvalue weighted by molar-refractivity contribution is -0.120. The van der Waals surface area contributed by atoms with Crippen molar-refractivity contribution >= 4 is 5.91 Å². The summed E-state index contributed by atoms with van der Waals surface area (Å²) in [5.74, 6) is 1.44. The molecule has 1 unspecified atom stereocenters. The van der Waals surface area contributed by atoms with Crippen molar-refractivity contribution in [3.8, 4) is 0 Å². The van der Waals surface area contributed by atoms with Crippen LogP contribution in [0.1, 0.15) is 32.6 Å². The Morgan fingerprint density at radius 1 is 1.47 bits per heavy atom. The Morgan fingerprint density at radius 2 is 2.18 bits per heavy atom. The minimum Gasteiger partial charge on any atom is -0.355 e. The second-order valence-electron chi connectivity index (χ2n) is 4.70. The van der Waals surface area contributed by atoms with E-state index in [1.54, 1.807) is 6.20 Å². The molecule has 1 rings (SSSR count). The van der Waals surface area contributed by atoms with Crippen molar-refractivity contribution in [3.05, 3.63) is 18.2 Å². The lowest BCUT2D eigenvalue weighted by atomic mass is 10.2. The molecule has 0 bridgehead atoms. The Labute approximate surface area is 103 Å². The summed E-state index contributed by atoms with van der Waals surface area (Å²) in [7, 11) is 1.94. The predicted molar refractivity (Wildman–Crippen MR) is 67.5 cm³/mol. The first-order valence-corrected chi connectivity index (χ1v) is 5.98. The molecule has 0 radical (unpaired) electrons. The maximum absolute atomic E-state index is 11.5. The van der Waals surface area contributed by atoms with Gasteiger partial charge in [0.25, 0.3) is 0 Å². The standard InChI is InChI=1S/C12H22N4O/c1-9(2)7-15-11(17)8-14-10(3)12-13-5-6-16(12)4/h5-6,9-10,14H,7-8H2,1-4H3,(H,15,17). The van der Waals surface area contributed by atoms with Crippen LogP contribution >= 0.6 is 0 Å². The summed E-state index contributed by atoms with van der Waals surface area (Å²) in [6, 6.07) is 0.0693. The molecule has 17 heavy (non-hydrogen) atoms. The Morgan fingerprint density at radius 3 is 2.71 bits per heavy atom. The highest BCUT2D eigenvalue weighted by Crippen LogP contribution is 2.07. The highest BCUT2D eigenvalue weighted by Gasteiger charge is 2.11. The fourth-order valence-electron chi connectivity index (χ4n) is 1.51. The molecule has 2 N–H and O–H groups in total. The van der Waals surface area contributed by atoms with Crippen molar-refractivity contribution < 1.29 is 4.79 Å². The quantitative estimate of drug-likeness (QED) is 0.772. The third-order valence-electron chi connectivity index (χ3n) is 2.52. The highest BCUT2D eigenvalue weighted by atomic mass is 16.1. The van der Waals surface area contributed by atoms with E-state index in [4.69, 9.17) is 0 Å². The SMILES string of the molecule is CC(C)CNC(=O)CNC(C)c1nccn1C. The second-order valence-corrected chi connectivity index (χ2v) is 4.70. The number of nitrogens with one attached hydrogen (secondary N) is 2. The number of hydrogen-bond acceptors (Lipinski definition) is 3. The van der Waals surface area contributed by atoms with Gasteiger partial charge in [-0.05, 0) is 12.8 Å². The molecule has 0 saturated heterocycles. The normalized spacial score (nSPS) is 12.8. The molecule has 1 heterocycles. The van der Waals surface area contributed by atoms with Gasteiger partial charge in [-0.1, -0.05) is 13.8 Å². The summed E-state index contributed by atoms with van der Waals surface area (Å²) in [6.45, 7) is 7.19. The van der Waals surface area contributed by atoms with Crippen molar-refractivity contribution in [2.45, 2.75) is 26.8 Å². The summed E-state index contributed by atoms with van der Waals surface area (Å²) in [5.41, 5.74) is 0. The topological polar surface area (TPSA) is 59.0 Å². The van der Waals surface area contributed by atoms with E-state index in [-0.39, 0.29) is 11.9 Å². The molecular formula is C12H22N4O. The summed E-state index contributed by atoms with van der Waals surface area (Å²) in [6.07, 6.45) is 3.65. The van der Waals surface area contributed by atoms with E-state index < -0.39 is 0 Å². The smallest absolute Gasteiger partial charge is 0.233 e. The average Bonchev–Trinajstić information content (AvgIpc) is 2.69. The number of nitrogens with zero attached hydrogens (tertiary/aromatic N) is 2. The molecule has 0 aliphatic heterocycles. The van der Waals surface area contributed by atoms with Gasteiger partial charge in [-0.15, -0.1) is 0 Å². The van der Waals surface area contributed by atoms with E-state index >= 15 is 0 Å². The van der Waals surface area contributed by atoms with Crippen molar-refractivity contribution in [2.24, 2.45) is 13.0 Å². The zero-order valence-corrected chi connectivity index (χ0v) is 11.0. The van der Waals surface area contributed by atoms with Crippen LogP contribution in [-0.2, 0) is 11.8 Å². The van der Waals surface area contributed by atoms with Crippen LogP contribution in [0.25, 0.3) is 0 Å². The van der Waals surface area contributed by atoms with Gasteiger partial charge in [-0.25, -0.2) is 4.98 Å². The third kappa shape index (κ3) is 4.56. The molecule has 1 amide bonds. The Hall–Kier alpha value is -1.36. The predicted octanol–water partition coefficient (Wildman–Crippen LogP) is 0.843. The molecule has 0 aromatic carbocycles. The van der Waals surface area contributed by atoms with Crippen molar-refractivity contribution in [1.29, 1.82) is 0 Å². The van der Waals surface area contributed by atoms with Crippen molar-refractivity contribution in [3.63, 3.8) is 0 Å². The van der Waals surface area contributed by atoms with Gasteiger partial charge in [0.05, 0.1) is 12.6 Å². The number of carbonyl (C=O) groups is 1. The molecule has 1 aromatic rings. The van der Waals surface area contributed by atoms with Crippen LogP contribution in [0.15, 0.2) is 12.4 Å². The average molecular weight is 238 g/mol. The van der Waals surface area contributed by atoms with Gasteiger partial charge in [0.1, 0.15) is 5.82 Å². The van der Waals surface area contributed by atoms with Gasteiger partial charge in [-0.2, -0.15) is 0 Å². The molecule has 0 spiro atoms. The number of aromatic nitrogens is 2. The van der Waals surface area contributed by atoms with Gasteiger partial charge in [0.15, 0.2) is 0 Å². The minimum atomic E-state index is 0.0276. The van der Waals surface area contributed by atoms with Gasteiger partial charge in [-0.3, -0.25) is 10.1 Å². The zero-order chi connectivity index (χ0) is 12.8. The van der Waals surface area contributed by atoms with E-state index in [0.717, 1.165) is 12.4 Å². The molecule has 0 aliphatic carbocycles. The second kappa shape index (κ2) is 6.39. The van der Waals surface area contributed by atoms with Gasteiger partial charge in [0, 0.05) is 26.0 Å². The van der Waals surface area contributed by atoms with Crippen LogP contribution in [0.5, 0.6) is 0 Å². The Kier molecular flexibility index (Phi) is 5.15. The fraction of sp³-hybridized carbons (Fsp3) is 0.667. The molecule has 0 aliphatic rings. The maximum atomic E-state index is 11.5. The third-order valence-corrected chi connectivity index (χ3v) is 2.52. The molecular weight excluding hydrogens is 216 g/mol. The number of aryl methyl sites for hydroxylation is 1. The number of carbonyl (C=O) groups excluding carboxylic acids is 1. The van der Waals surface area contributed by atoms with E-state index in [1.165, 1.54) is 0 Å². The zero-order valence-electron chi connectivity index (χ0n) is 11.0. The number of amides is 1. The van der Waals surface area contributed by atoms with Crippen LogP contribution in [0.3, 0.4) is 0 Å². The fourth-order valence-corrected chi connectivity index (χ4v) is 1.51. The largest absolute Gasteiger partial charge is 0.355 e. The molecule has 96 valence electrons.